The molecule has 4 bridgehead atoms. The van der Waals surface area contributed by atoms with Crippen LogP contribution in [-0.4, -0.2) is 104 Å². The number of hydrogen-bond donors (Lipinski definition) is 0. The van der Waals surface area contributed by atoms with Crippen LogP contribution in [0.5, 0.6) is 23.3 Å². The van der Waals surface area contributed by atoms with E-state index in [-0.39, 0.29) is 24.3 Å². The monoisotopic (exact) mass is 1080 g/mol. The van der Waals surface area contributed by atoms with E-state index in [1.165, 1.54) is 12.8 Å². The fourth-order valence-corrected chi connectivity index (χ4v) is 15.2. The molecule has 80 heavy (non-hydrogen) atoms. The number of aromatic nitrogens is 8. The topological polar surface area (TPSA) is 106 Å². The van der Waals surface area contributed by atoms with Crippen LogP contribution in [-0.2, 0) is 27.2 Å². The highest BCUT2D eigenvalue weighted by molar-refractivity contribution is 5.91. The van der Waals surface area contributed by atoms with Gasteiger partial charge in [-0.25, -0.2) is 18.3 Å². The van der Waals surface area contributed by atoms with Gasteiger partial charge in [-0.05, 0) is 111 Å². The second kappa shape index (κ2) is 23.1. The highest BCUT2D eigenvalue weighted by atomic mass is 16.5. The molecule has 14 rings (SSSR count). The van der Waals surface area contributed by atoms with Gasteiger partial charge in [-0.1, -0.05) is 24.3 Å². The van der Waals surface area contributed by atoms with E-state index < -0.39 is 0 Å². The maximum atomic E-state index is 7.71. The third-order valence-corrected chi connectivity index (χ3v) is 19.4. The lowest BCUT2D eigenvalue weighted by Crippen LogP contribution is -2.68. The summed E-state index contributed by atoms with van der Waals surface area (Å²) in [6.45, 7) is 17.3. The molecule has 0 aliphatic carbocycles. The molecule has 5 aromatic heterocycles. The fraction of sp³-hybridized carbons (Fsp3) is 0.455. The number of fused-ring (bicyclic) bond motifs is 9. The first-order valence-electron chi connectivity index (χ1n) is 29.6. The number of quaternary nitrogens is 2. The van der Waals surface area contributed by atoms with Crippen LogP contribution in [0.4, 0.5) is 0 Å². The average Bonchev–Trinajstić information content (AvgIpc) is 4.18. The Balaban J connectivity index is 0.918. The first-order valence-corrected chi connectivity index (χ1v) is 29.6. The summed E-state index contributed by atoms with van der Waals surface area (Å²) in [6.07, 6.45) is 31.8. The zero-order valence-corrected chi connectivity index (χ0v) is 47.6. The minimum atomic E-state index is -0.365. The third kappa shape index (κ3) is 10.6. The number of piperidine rings is 6. The zero-order valence-electron chi connectivity index (χ0n) is 47.6. The van der Waals surface area contributed by atoms with Crippen LogP contribution in [0.15, 0.2) is 148 Å². The number of unbranched alkanes of at least 4 members (excludes halogenated alkanes) is 4. The molecular weight excluding hydrogens is 997 g/mol. The van der Waals surface area contributed by atoms with E-state index in [9.17, 15) is 0 Å². The fourth-order valence-electron chi connectivity index (χ4n) is 15.2. The molecule has 10 atom stereocenters. The van der Waals surface area contributed by atoms with Crippen molar-refractivity contribution in [3.05, 3.63) is 159 Å². The van der Waals surface area contributed by atoms with E-state index >= 15 is 0 Å². The smallest absolute Gasteiger partial charge is 0.243 e. The van der Waals surface area contributed by atoms with Gasteiger partial charge in [0.1, 0.15) is 48.4 Å². The van der Waals surface area contributed by atoms with Crippen molar-refractivity contribution in [3.63, 3.8) is 0 Å². The molecule has 14 nitrogen and oxygen atoms in total. The number of imidazole rings is 2. The van der Waals surface area contributed by atoms with Crippen LogP contribution < -0.4 is 28.1 Å². The third-order valence-electron chi connectivity index (χ3n) is 19.4. The summed E-state index contributed by atoms with van der Waals surface area (Å²) < 4.78 is 38.0. The molecule has 0 spiro atoms. The Morgan fingerprint density at radius 1 is 0.600 bits per heavy atom. The summed E-state index contributed by atoms with van der Waals surface area (Å²) in [5.74, 6) is 4.55. The van der Waals surface area contributed by atoms with Gasteiger partial charge in [0.25, 0.3) is 0 Å². The number of hydrogen-bond acceptors (Lipinski definition) is 8. The minimum absolute atomic E-state index is 0.148. The molecule has 0 unspecified atom stereocenters. The summed E-state index contributed by atoms with van der Waals surface area (Å²) in [5, 5.41) is 14.1. The first kappa shape index (κ1) is 53.5. The van der Waals surface area contributed by atoms with Gasteiger partial charge in [-0.15, -0.1) is 23.4 Å². The highest BCUT2D eigenvalue weighted by Gasteiger charge is 2.57. The van der Waals surface area contributed by atoms with Gasteiger partial charge in [-0.3, -0.25) is 9.97 Å². The Labute approximate surface area is 472 Å². The van der Waals surface area contributed by atoms with Crippen molar-refractivity contribution in [1.29, 1.82) is 0 Å². The molecular formula is C66H82N10O4+4. The van der Waals surface area contributed by atoms with Crippen LogP contribution in [0.25, 0.3) is 32.6 Å². The first-order chi connectivity index (χ1) is 39.2. The van der Waals surface area contributed by atoms with Crippen LogP contribution in [0.1, 0.15) is 87.5 Å². The molecule has 14 heteroatoms. The van der Waals surface area contributed by atoms with Crippen LogP contribution in [0.2, 0.25) is 0 Å². The minimum Gasteiger partial charge on any atom is -0.497 e. The van der Waals surface area contributed by atoms with Gasteiger partial charge in [0.15, 0.2) is 12.2 Å². The number of ether oxygens (including phenoxy) is 4. The number of methoxy groups -OCH3 is 2. The van der Waals surface area contributed by atoms with Gasteiger partial charge in [-0.2, -0.15) is 0 Å². The van der Waals surface area contributed by atoms with Crippen LogP contribution >= 0.6 is 0 Å². The molecule has 0 radical (unpaired) electrons. The molecule has 11 heterocycles. The number of rotatable bonds is 24. The predicted molar refractivity (Wildman–Crippen MR) is 312 cm³/mol. The van der Waals surface area contributed by atoms with E-state index in [1.54, 1.807) is 14.2 Å². The predicted octanol–water partition coefficient (Wildman–Crippen LogP) is 10.8. The molecule has 0 saturated carbocycles. The van der Waals surface area contributed by atoms with E-state index in [0.717, 1.165) is 168 Å². The maximum absolute atomic E-state index is 7.71. The van der Waals surface area contributed by atoms with Gasteiger partial charge in [0, 0.05) is 71.8 Å². The molecule has 8 aromatic rings. The summed E-state index contributed by atoms with van der Waals surface area (Å²) in [4.78, 5) is 9.78. The van der Waals surface area contributed by atoms with Crippen molar-refractivity contribution in [2.45, 2.75) is 102 Å². The van der Waals surface area contributed by atoms with E-state index in [4.69, 9.17) is 39.1 Å². The molecule has 6 aliphatic rings. The Morgan fingerprint density at radius 2 is 1.06 bits per heavy atom. The van der Waals surface area contributed by atoms with E-state index in [1.807, 2.05) is 24.5 Å². The molecule has 0 amide bonds. The van der Waals surface area contributed by atoms with Gasteiger partial charge in [0.2, 0.25) is 24.4 Å². The summed E-state index contributed by atoms with van der Waals surface area (Å²) in [5.41, 5.74) is 4.01. The average molecular weight is 1080 g/mol. The lowest BCUT2D eigenvalue weighted by atomic mass is 9.71. The van der Waals surface area contributed by atoms with Crippen molar-refractivity contribution >= 4 is 32.6 Å². The van der Waals surface area contributed by atoms with E-state index in [0.29, 0.717) is 35.4 Å². The summed E-state index contributed by atoms with van der Waals surface area (Å²) >= 11 is 0. The number of pyridine rings is 2. The quantitative estimate of drug-likeness (QED) is 0.0255. The second-order valence-electron chi connectivity index (χ2n) is 24.0. The standard InChI is InChI=1S/C66H82N10O4/c1-7-47-43-75(35-15-9-13-29-73-33-31-71(3)45-73)37-25-49(47)39-61(75)63(53-23-27-67-59-21-19-51(77-5)41-57(53)59)79-65-55-17-11-12-18-56(55)66(70-69-65)80-64(54-24-28-68-60-22-20-52(78-6)42-58(54)60)62-40-50-26-38-76(62,44-48(50)8-2)36-16-10-14-30-74-34-32-72(4)46-74/h7-8,11-12,17-24,27-28,31-34,41-42,45-50,61-64H,1-2,9-10,13-16,25-26,29-30,35-40,43-44H2,3-6H3/q+4/t47-,48-,49-,50-,61+,62+,63-,64-,75-,76-/m0/s1. The lowest BCUT2D eigenvalue weighted by Gasteiger charge is -2.58. The zero-order chi connectivity index (χ0) is 54.8. The molecule has 0 N–H and O–H groups in total. The van der Waals surface area contributed by atoms with Gasteiger partial charge >= 0.3 is 0 Å². The van der Waals surface area contributed by atoms with Crippen molar-refractivity contribution in [3.8, 4) is 23.3 Å². The Morgan fingerprint density at radius 3 is 1.48 bits per heavy atom. The maximum Gasteiger partial charge on any atom is 0.243 e. The second-order valence-corrected chi connectivity index (χ2v) is 24.0. The number of benzene rings is 3. The van der Waals surface area contributed by atoms with Crippen LogP contribution in [0, 0.1) is 23.7 Å². The van der Waals surface area contributed by atoms with Crippen molar-refractivity contribution in [2.75, 3.05) is 53.5 Å². The Hall–Kier alpha value is -7.16. The van der Waals surface area contributed by atoms with Gasteiger partial charge in [0.05, 0.1) is 102 Å². The molecule has 3 aromatic carbocycles. The van der Waals surface area contributed by atoms with Crippen molar-refractivity contribution in [1.82, 2.24) is 29.3 Å². The summed E-state index contributed by atoms with van der Waals surface area (Å²) in [7, 11) is 7.64. The lowest BCUT2D eigenvalue weighted by molar-refractivity contribution is -0.972. The van der Waals surface area contributed by atoms with Crippen molar-refractivity contribution < 1.29 is 37.0 Å². The Bertz CT molecular complexity index is 3260. The molecule has 6 aliphatic heterocycles. The molecule has 6 saturated heterocycles. The molecule has 416 valence electrons. The summed E-state index contributed by atoms with van der Waals surface area (Å²) in [6, 6.07) is 25.5. The van der Waals surface area contributed by atoms with Crippen molar-refractivity contribution in [2.24, 2.45) is 37.8 Å². The Kier molecular flexibility index (Phi) is 15.5. The number of nitrogens with zero attached hydrogens (tertiary/aromatic N) is 10. The van der Waals surface area contributed by atoms with Gasteiger partial charge < -0.3 is 27.9 Å². The molecule has 6 fully saturated rings. The number of aryl methyl sites for hydroxylation is 4. The largest absolute Gasteiger partial charge is 0.497 e. The van der Waals surface area contributed by atoms with E-state index in [2.05, 4.69) is 156 Å². The SMILES string of the molecule is C=C[C@H]1C[N@+]2(CCCCCn3cc[n+](C)c3)CC[C@H]1C[C@@H]2[C@@H](Oc1nnc(O[C@@H](c2ccnc3ccc(OC)cc23)[C@H]2C[C@@H]3CC[N@@+]2(CCCCCn2cc[n+](C)c2)C[C@@H]3C=C)c2ccccc12)c1ccnc2ccc(OC)cc12. The normalized spacial score (nSPS) is 24.9. The highest BCUT2D eigenvalue weighted by Crippen LogP contribution is 2.51. The van der Waals surface area contributed by atoms with Crippen LogP contribution in [0.3, 0.4) is 0 Å².